The van der Waals surface area contributed by atoms with Gasteiger partial charge in [-0.3, -0.25) is 4.79 Å². The molecule has 0 aromatic heterocycles. The largest absolute Gasteiger partial charge is 0.355 e. The number of hydrogen-bond donors (Lipinski definition) is 2. The summed E-state index contributed by atoms with van der Waals surface area (Å²) < 4.78 is 0. The van der Waals surface area contributed by atoms with E-state index in [0.29, 0.717) is 18.4 Å². The van der Waals surface area contributed by atoms with Crippen LogP contribution in [-0.4, -0.2) is 50.6 Å². The molecule has 94 valence electrons. The van der Waals surface area contributed by atoms with Crippen molar-refractivity contribution in [3.63, 3.8) is 0 Å². The number of carbonyl (C=O) groups excluding carboxylic acids is 1. The quantitative estimate of drug-likeness (QED) is 0.686. The molecule has 1 aliphatic heterocycles. The molecule has 2 N–H and O–H groups in total. The van der Waals surface area contributed by atoms with Crippen LogP contribution in [0.4, 0.5) is 0 Å². The second-order valence-electron chi connectivity index (χ2n) is 5.25. The third-order valence-corrected chi connectivity index (χ3v) is 2.91. The van der Waals surface area contributed by atoms with E-state index in [-0.39, 0.29) is 5.91 Å². The summed E-state index contributed by atoms with van der Waals surface area (Å²) in [4.78, 5) is 13.7. The summed E-state index contributed by atoms with van der Waals surface area (Å²) in [5.74, 6) is 1.34. The Morgan fingerprint density at radius 1 is 1.50 bits per heavy atom. The van der Waals surface area contributed by atoms with Gasteiger partial charge in [-0.25, -0.2) is 0 Å². The lowest BCUT2D eigenvalue weighted by atomic mass is 10.1. The van der Waals surface area contributed by atoms with E-state index in [1.807, 2.05) is 0 Å². The highest BCUT2D eigenvalue weighted by Crippen LogP contribution is 2.12. The fourth-order valence-electron chi connectivity index (χ4n) is 1.96. The molecule has 0 bridgehead atoms. The van der Waals surface area contributed by atoms with Crippen LogP contribution in [0.1, 0.15) is 20.3 Å². The van der Waals surface area contributed by atoms with E-state index in [9.17, 15) is 4.79 Å². The summed E-state index contributed by atoms with van der Waals surface area (Å²) in [6, 6.07) is 0. The zero-order valence-corrected chi connectivity index (χ0v) is 10.8. The van der Waals surface area contributed by atoms with Crippen molar-refractivity contribution in [1.82, 2.24) is 15.5 Å². The SMILES string of the molecule is CC(C)CNC(=O)CNCC1CCN(C)C1. The van der Waals surface area contributed by atoms with Crippen LogP contribution in [0.15, 0.2) is 0 Å². The van der Waals surface area contributed by atoms with E-state index in [1.54, 1.807) is 0 Å². The molecule has 1 amide bonds. The first-order chi connectivity index (χ1) is 7.58. The first-order valence-electron chi connectivity index (χ1n) is 6.24. The Morgan fingerprint density at radius 2 is 2.25 bits per heavy atom. The molecule has 0 aliphatic carbocycles. The molecular formula is C12H25N3O. The third-order valence-electron chi connectivity index (χ3n) is 2.91. The number of rotatable bonds is 6. The molecular weight excluding hydrogens is 202 g/mol. The molecule has 0 radical (unpaired) electrons. The smallest absolute Gasteiger partial charge is 0.233 e. The number of likely N-dealkylation sites (tertiary alicyclic amines) is 1. The van der Waals surface area contributed by atoms with Crippen LogP contribution >= 0.6 is 0 Å². The summed E-state index contributed by atoms with van der Waals surface area (Å²) in [5.41, 5.74) is 0. The van der Waals surface area contributed by atoms with Crippen LogP contribution in [0.5, 0.6) is 0 Å². The van der Waals surface area contributed by atoms with Crippen LogP contribution in [0.25, 0.3) is 0 Å². The molecule has 0 spiro atoms. The normalized spacial score (nSPS) is 21.6. The maximum atomic E-state index is 11.4. The lowest BCUT2D eigenvalue weighted by Gasteiger charge is -2.12. The van der Waals surface area contributed by atoms with Gasteiger partial charge in [-0.1, -0.05) is 13.8 Å². The maximum absolute atomic E-state index is 11.4. The van der Waals surface area contributed by atoms with Crippen molar-refractivity contribution in [3.8, 4) is 0 Å². The summed E-state index contributed by atoms with van der Waals surface area (Å²) in [7, 11) is 2.15. The molecule has 1 saturated heterocycles. The zero-order chi connectivity index (χ0) is 12.0. The second-order valence-corrected chi connectivity index (χ2v) is 5.25. The number of nitrogens with one attached hydrogen (secondary N) is 2. The van der Waals surface area contributed by atoms with Gasteiger partial charge in [0.25, 0.3) is 0 Å². The Kier molecular flexibility index (Phi) is 5.77. The summed E-state index contributed by atoms with van der Waals surface area (Å²) in [6.45, 7) is 8.72. The molecule has 1 rings (SSSR count). The molecule has 1 heterocycles. The predicted molar refractivity (Wildman–Crippen MR) is 66.3 cm³/mol. The van der Waals surface area contributed by atoms with Crippen molar-refractivity contribution in [2.45, 2.75) is 20.3 Å². The van der Waals surface area contributed by atoms with E-state index in [2.05, 4.69) is 36.4 Å². The first kappa shape index (κ1) is 13.5. The summed E-state index contributed by atoms with van der Waals surface area (Å²) in [5, 5.41) is 6.14. The van der Waals surface area contributed by atoms with Gasteiger partial charge in [-0.2, -0.15) is 0 Å². The van der Waals surface area contributed by atoms with Gasteiger partial charge in [0.2, 0.25) is 5.91 Å². The third kappa shape index (κ3) is 5.47. The van der Waals surface area contributed by atoms with Gasteiger partial charge in [-0.15, -0.1) is 0 Å². The van der Waals surface area contributed by atoms with Crippen molar-refractivity contribution >= 4 is 5.91 Å². The molecule has 1 unspecified atom stereocenters. The van der Waals surface area contributed by atoms with Crippen LogP contribution < -0.4 is 10.6 Å². The van der Waals surface area contributed by atoms with Crippen LogP contribution in [0, 0.1) is 11.8 Å². The number of amides is 1. The van der Waals surface area contributed by atoms with Gasteiger partial charge in [0.1, 0.15) is 0 Å². The van der Waals surface area contributed by atoms with Gasteiger partial charge in [0.05, 0.1) is 6.54 Å². The van der Waals surface area contributed by atoms with Crippen molar-refractivity contribution in [3.05, 3.63) is 0 Å². The molecule has 4 nitrogen and oxygen atoms in total. The fourth-order valence-corrected chi connectivity index (χ4v) is 1.96. The Morgan fingerprint density at radius 3 is 2.81 bits per heavy atom. The van der Waals surface area contributed by atoms with Gasteiger partial charge >= 0.3 is 0 Å². The van der Waals surface area contributed by atoms with Crippen molar-refractivity contribution in [1.29, 1.82) is 0 Å². The van der Waals surface area contributed by atoms with E-state index >= 15 is 0 Å². The lowest BCUT2D eigenvalue weighted by Crippen LogP contribution is -2.37. The van der Waals surface area contributed by atoms with Gasteiger partial charge < -0.3 is 15.5 Å². The second kappa shape index (κ2) is 6.86. The predicted octanol–water partition coefficient (Wildman–Crippen LogP) is 0.300. The Labute approximate surface area is 98.8 Å². The molecule has 0 saturated carbocycles. The molecule has 16 heavy (non-hydrogen) atoms. The van der Waals surface area contributed by atoms with Crippen LogP contribution in [0.2, 0.25) is 0 Å². The van der Waals surface area contributed by atoms with Gasteiger partial charge in [-0.05, 0) is 38.4 Å². The Balaban J connectivity index is 2.00. The molecule has 1 fully saturated rings. The van der Waals surface area contributed by atoms with E-state index in [0.717, 1.165) is 19.6 Å². The minimum Gasteiger partial charge on any atom is -0.355 e. The maximum Gasteiger partial charge on any atom is 0.233 e. The zero-order valence-electron chi connectivity index (χ0n) is 10.8. The van der Waals surface area contributed by atoms with Crippen LogP contribution in [-0.2, 0) is 4.79 Å². The highest BCUT2D eigenvalue weighted by atomic mass is 16.1. The van der Waals surface area contributed by atoms with Crippen molar-refractivity contribution in [2.75, 3.05) is 39.8 Å². The van der Waals surface area contributed by atoms with E-state index in [4.69, 9.17) is 0 Å². The Hall–Kier alpha value is -0.610. The number of nitrogens with zero attached hydrogens (tertiary/aromatic N) is 1. The summed E-state index contributed by atoms with van der Waals surface area (Å²) >= 11 is 0. The molecule has 0 aromatic carbocycles. The van der Waals surface area contributed by atoms with Crippen molar-refractivity contribution in [2.24, 2.45) is 11.8 Å². The van der Waals surface area contributed by atoms with Crippen molar-refractivity contribution < 1.29 is 4.79 Å². The average Bonchev–Trinajstić information content (AvgIpc) is 2.61. The minimum atomic E-state index is 0.111. The molecule has 1 aliphatic rings. The number of carbonyl (C=O) groups is 1. The highest BCUT2D eigenvalue weighted by Gasteiger charge is 2.18. The van der Waals surface area contributed by atoms with Gasteiger partial charge in [0.15, 0.2) is 0 Å². The van der Waals surface area contributed by atoms with E-state index in [1.165, 1.54) is 13.0 Å². The first-order valence-corrected chi connectivity index (χ1v) is 6.24. The Bertz CT molecular complexity index is 218. The topological polar surface area (TPSA) is 44.4 Å². The monoisotopic (exact) mass is 227 g/mol. The van der Waals surface area contributed by atoms with Crippen LogP contribution in [0.3, 0.4) is 0 Å². The minimum absolute atomic E-state index is 0.111. The fraction of sp³-hybridized carbons (Fsp3) is 0.917. The molecule has 4 heteroatoms. The molecule has 0 aromatic rings. The standard InChI is InChI=1S/C12H25N3O/c1-10(2)6-14-12(16)8-13-7-11-4-5-15(3)9-11/h10-11,13H,4-9H2,1-3H3,(H,14,16). The lowest BCUT2D eigenvalue weighted by molar-refractivity contribution is -0.120. The summed E-state index contributed by atoms with van der Waals surface area (Å²) in [6.07, 6.45) is 1.25. The highest BCUT2D eigenvalue weighted by molar-refractivity contribution is 5.77. The van der Waals surface area contributed by atoms with E-state index < -0.39 is 0 Å². The van der Waals surface area contributed by atoms with Gasteiger partial charge in [0, 0.05) is 13.1 Å². The number of hydrogen-bond acceptors (Lipinski definition) is 3. The molecule has 1 atom stereocenters. The average molecular weight is 227 g/mol.